The van der Waals surface area contributed by atoms with E-state index in [0.717, 1.165) is 37.0 Å². The van der Waals surface area contributed by atoms with E-state index in [1.807, 2.05) is 42.2 Å². The van der Waals surface area contributed by atoms with Gasteiger partial charge < -0.3 is 15.2 Å². The number of hydrogen-bond donors (Lipinski definition) is 2. The fourth-order valence-corrected chi connectivity index (χ4v) is 2.89. The second-order valence-electron chi connectivity index (χ2n) is 5.41. The van der Waals surface area contributed by atoms with Gasteiger partial charge in [-0.05, 0) is 38.4 Å². The number of carbonyl (C=O) groups is 1. The number of fused-ring (bicyclic) bond motifs is 1. The van der Waals surface area contributed by atoms with E-state index in [-0.39, 0.29) is 5.91 Å². The van der Waals surface area contributed by atoms with Gasteiger partial charge in [-0.3, -0.25) is 4.79 Å². The molecule has 1 saturated heterocycles. The highest BCUT2D eigenvalue weighted by atomic mass is 16.2. The van der Waals surface area contributed by atoms with E-state index in [0.29, 0.717) is 11.7 Å². The lowest BCUT2D eigenvalue weighted by molar-refractivity contribution is 0.0746. The topological polar surface area (TPSA) is 48.1 Å². The first-order chi connectivity index (χ1) is 9.78. The molecule has 2 heterocycles. The van der Waals surface area contributed by atoms with Gasteiger partial charge in [-0.25, -0.2) is 0 Å². The third-order valence-corrected chi connectivity index (χ3v) is 4.03. The number of amides is 1. The van der Waals surface area contributed by atoms with Crippen molar-refractivity contribution in [2.24, 2.45) is 0 Å². The molecule has 1 unspecified atom stereocenters. The van der Waals surface area contributed by atoms with Gasteiger partial charge in [0.1, 0.15) is 5.69 Å². The zero-order chi connectivity index (χ0) is 13.9. The van der Waals surface area contributed by atoms with Crippen molar-refractivity contribution in [1.82, 2.24) is 15.2 Å². The molecule has 1 aliphatic heterocycles. The predicted octanol–water partition coefficient (Wildman–Crippen LogP) is 2.38. The highest BCUT2D eigenvalue weighted by Gasteiger charge is 2.22. The van der Waals surface area contributed by atoms with Gasteiger partial charge >= 0.3 is 0 Å². The van der Waals surface area contributed by atoms with E-state index in [1.165, 1.54) is 6.42 Å². The van der Waals surface area contributed by atoms with Crippen LogP contribution in [-0.4, -0.2) is 41.5 Å². The zero-order valence-corrected chi connectivity index (χ0v) is 11.9. The van der Waals surface area contributed by atoms with Crippen LogP contribution >= 0.6 is 0 Å². The molecule has 2 aromatic rings. The summed E-state index contributed by atoms with van der Waals surface area (Å²) in [4.78, 5) is 17.7. The Morgan fingerprint density at radius 1 is 1.40 bits per heavy atom. The summed E-state index contributed by atoms with van der Waals surface area (Å²) in [5.41, 5.74) is 1.71. The Morgan fingerprint density at radius 3 is 2.95 bits per heavy atom. The summed E-state index contributed by atoms with van der Waals surface area (Å²) in [6, 6.07) is 10.4. The highest BCUT2D eigenvalue weighted by Crippen LogP contribution is 2.17. The molecule has 0 radical (unpaired) electrons. The monoisotopic (exact) mass is 271 g/mol. The molecule has 0 saturated carbocycles. The number of nitrogens with zero attached hydrogens (tertiary/aromatic N) is 1. The van der Waals surface area contributed by atoms with Crippen LogP contribution in [0.1, 0.15) is 30.3 Å². The first kappa shape index (κ1) is 13.2. The van der Waals surface area contributed by atoms with Gasteiger partial charge in [0.15, 0.2) is 0 Å². The van der Waals surface area contributed by atoms with Crippen molar-refractivity contribution in [3.05, 3.63) is 36.0 Å². The van der Waals surface area contributed by atoms with Crippen LogP contribution in [-0.2, 0) is 0 Å². The third kappa shape index (κ3) is 2.56. The van der Waals surface area contributed by atoms with Crippen LogP contribution < -0.4 is 5.32 Å². The largest absolute Gasteiger partial charge is 0.351 e. The number of rotatable bonds is 4. The van der Waals surface area contributed by atoms with Crippen LogP contribution in [0.25, 0.3) is 10.9 Å². The van der Waals surface area contributed by atoms with Gasteiger partial charge in [0.25, 0.3) is 5.91 Å². The second-order valence-corrected chi connectivity index (χ2v) is 5.41. The van der Waals surface area contributed by atoms with E-state index in [4.69, 9.17) is 0 Å². The molecular weight excluding hydrogens is 250 g/mol. The summed E-state index contributed by atoms with van der Waals surface area (Å²) < 4.78 is 0. The molecule has 1 amide bonds. The molecule has 1 aromatic heterocycles. The first-order valence-corrected chi connectivity index (χ1v) is 7.38. The normalized spacial score (nSPS) is 18.6. The molecular formula is C16H21N3O. The van der Waals surface area contributed by atoms with Gasteiger partial charge in [-0.2, -0.15) is 0 Å². The van der Waals surface area contributed by atoms with Crippen LogP contribution in [0.5, 0.6) is 0 Å². The summed E-state index contributed by atoms with van der Waals surface area (Å²) in [6.07, 6.45) is 2.37. The van der Waals surface area contributed by atoms with Crippen molar-refractivity contribution < 1.29 is 4.79 Å². The van der Waals surface area contributed by atoms with Crippen LogP contribution in [0, 0.1) is 0 Å². The minimum Gasteiger partial charge on any atom is -0.351 e. The maximum Gasteiger partial charge on any atom is 0.270 e. The summed E-state index contributed by atoms with van der Waals surface area (Å²) in [6.45, 7) is 4.65. The number of benzene rings is 1. The van der Waals surface area contributed by atoms with Gasteiger partial charge in [0, 0.05) is 30.0 Å². The lowest BCUT2D eigenvalue weighted by Gasteiger charge is -2.24. The van der Waals surface area contributed by atoms with Crippen molar-refractivity contribution in [3.8, 4) is 0 Å². The van der Waals surface area contributed by atoms with Crippen molar-refractivity contribution in [1.29, 1.82) is 0 Å². The van der Waals surface area contributed by atoms with E-state index >= 15 is 0 Å². The number of nitrogens with one attached hydrogen (secondary N) is 2. The fraction of sp³-hybridized carbons (Fsp3) is 0.438. The Hall–Kier alpha value is -1.81. The molecule has 0 aliphatic carbocycles. The summed E-state index contributed by atoms with van der Waals surface area (Å²) >= 11 is 0. The van der Waals surface area contributed by atoms with Crippen molar-refractivity contribution >= 4 is 16.8 Å². The number of hydrogen-bond acceptors (Lipinski definition) is 2. The molecule has 106 valence electrons. The minimum atomic E-state index is 0.0948. The summed E-state index contributed by atoms with van der Waals surface area (Å²) in [5.74, 6) is 0.0948. The maximum atomic E-state index is 12.6. The Labute approximate surface area is 119 Å². The minimum absolute atomic E-state index is 0.0948. The zero-order valence-electron chi connectivity index (χ0n) is 11.9. The number of aromatic nitrogens is 1. The van der Waals surface area contributed by atoms with E-state index in [1.54, 1.807) is 0 Å². The van der Waals surface area contributed by atoms with Gasteiger partial charge in [-0.1, -0.05) is 18.2 Å². The molecule has 1 fully saturated rings. The number of para-hydroxylation sites is 1. The Balaban J connectivity index is 1.78. The Kier molecular flexibility index (Phi) is 3.74. The van der Waals surface area contributed by atoms with Crippen molar-refractivity contribution in [3.63, 3.8) is 0 Å². The predicted molar refractivity (Wildman–Crippen MR) is 80.9 cm³/mol. The number of likely N-dealkylation sites (N-methyl/N-ethyl adjacent to an activating group) is 1. The maximum absolute atomic E-state index is 12.6. The number of aromatic amines is 1. The molecule has 4 heteroatoms. The van der Waals surface area contributed by atoms with Gasteiger partial charge in [0.05, 0.1) is 0 Å². The number of H-pyrrole nitrogens is 1. The van der Waals surface area contributed by atoms with E-state index in [2.05, 4.69) is 10.3 Å². The van der Waals surface area contributed by atoms with Gasteiger partial charge in [-0.15, -0.1) is 0 Å². The van der Waals surface area contributed by atoms with Crippen molar-refractivity contribution in [2.75, 3.05) is 19.6 Å². The molecule has 3 rings (SSSR count). The number of carbonyl (C=O) groups excluding carboxylic acids is 1. The molecule has 1 aliphatic rings. The second kappa shape index (κ2) is 5.67. The lowest BCUT2D eigenvalue weighted by Crippen LogP contribution is -2.41. The molecule has 20 heavy (non-hydrogen) atoms. The molecule has 0 bridgehead atoms. The SMILES string of the molecule is CCN(CC1CCCN1)C(=O)c1cc2ccccc2[nH]1. The molecule has 1 aromatic carbocycles. The van der Waals surface area contributed by atoms with E-state index < -0.39 is 0 Å². The van der Waals surface area contributed by atoms with Gasteiger partial charge in [0.2, 0.25) is 0 Å². The molecule has 1 atom stereocenters. The lowest BCUT2D eigenvalue weighted by atomic mass is 10.2. The Bertz CT molecular complexity index is 566. The Morgan fingerprint density at radius 2 is 2.25 bits per heavy atom. The van der Waals surface area contributed by atoms with Crippen LogP contribution in [0.3, 0.4) is 0 Å². The summed E-state index contributed by atoms with van der Waals surface area (Å²) in [7, 11) is 0. The smallest absolute Gasteiger partial charge is 0.270 e. The van der Waals surface area contributed by atoms with E-state index in [9.17, 15) is 4.79 Å². The van der Waals surface area contributed by atoms with Crippen LogP contribution in [0.2, 0.25) is 0 Å². The van der Waals surface area contributed by atoms with Crippen LogP contribution in [0.15, 0.2) is 30.3 Å². The third-order valence-electron chi connectivity index (χ3n) is 4.03. The average molecular weight is 271 g/mol. The molecule has 0 spiro atoms. The summed E-state index contributed by atoms with van der Waals surface area (Å²) in [5, 5.41) is 4.54. The molecule has 2 N–H and O–H groups in total. The highest BCUT2D eigenvalue weighted by molar-refractivity contribution is 5.98. The quantitative estimate of drug-likeness (QED) is 0.897. The standard InChI is InChI=1S/C16H21N3O/c1-2-19(11-13-7-5-9-17-13)16(20)15-10-12-6-3-4-8-14(12)18-15/h3-4,6,8,10,13,17-18H,2,5,7,9,11H2,1H3. The molecule has 4 nitrogen and oxygen atoms in total. The average Bonchev–Trinajstić information content (AvgIpc) is 3.12. The van der Waals surface area contributed by atoms with Crippen molar-refractivity contribution in [2.45, 2.75) is 25.8 Å². The van der Waals surface area contributed by atoms with Crippen LogP contribution in [0.4, 0.5) is 0 Å². The fourth-order valence-electron chi connectivity index (χ4n) is 2.89. The first-order valence-electron chi connectivity index (χ1n) is 7.38.